The molecule has 1 aromatic heterocycles. The molecule has 0 aliphatic heterocycles. The van der Waals surface area contributed by atoms with Gasteiger partial charge in [0.25, 0.3) is 0 Å². The number of nitrogens with two attached hydrogens (primary N) is 1. The number of hydrogen-bond donors (Lipinski definition) is 1. The van der Waals surface area contributed by atoms with Gasteiger partial charge in [-0.3, -0.25) is 4.79 Å². The Balaban J connectivity index is 2.61. The maximum Gasteiger partial charge on any atom is 0.236 e. The Kier molecular flexibility index (Phi) is 4.38. The van der Waals surface area contributed by atoms with Gasteiger partial charge in [-0.1, -0.05) is 11.6 Å². The van der Waals surface area contributed by atoms with Gasteiger partial charge in [-0.25, -0.2) is 0 Å². The zero-order chi connectivity index (χ0) is 10.6. The summed E-state index contributed by atoms with van der Waals surface area (Å²) in [6, 6.07) is 3.77. The topological polar surface area (TPSA) is 46.3 Å². The minimum absolute atomic E-state index is 0.0305. The molecule has 0 bridgehead atoms. The molecule has 0 unspecified atom stereocenters. The Bertz CT molecular complexity index is 314. The van der Waals surface area contributed by atoms with Gasteiger partial charge < -0.3 is 10.6 Å². The summed E-state index contributed by atoms with van der Waals surface area (Å²) in [5.74, 6) is -0.0305. The lowest BCUT2D eigenvalue weighted by molar-refractivity contribution is -0.130. The molecule has 0 fully saturated rings. The van der Waals surface area contributed by atoms with Crippen LogP contribution in [0.4, 0.5) is 0 Å². The molecular weight excluding hydrogens is 220 g/mol. The van der Waals surface area contributed by atoms with E-state index in [4.69, 9.17) is 17.3 Å². The molecule has 5 heteroatoms. The average Bonchev–Trinajstić information content (AvgIpc) is 2.59. The van der Waals surface area contributed by atoms with Crippen LogP contribution < -0.4 is 5.73 Å². The Hall–Kier alpha value is -0.580. The second-order valence-corrected chi connectivity index (χ2v) is 4.62. The van der Waals surface area contributed by atoms with Crippen LogP contribution in [0.5, 0.6) is 0 Å². The minimum atomic E-state index is -0.0305. The summed E-state index contributed by atoms with van der Waals surface area (Å²) in [5.41, 5.74) is 5.29. The predicted molar refractivity (Wildman–Crippen MR) is 59.5 cm³/mol. The molecule has 14 heavy (non-hydrogen) atoms. The van der Waals surface area contributed by atoms with Gasteiger partial charge in [0.1, 0.15) is 0 Å². The highest BCUT2D eigenvalue weighted by molar-refractivity contribution is 7.16. The molecule has 0 saturated carbocycles. The van der Waals surface area contributed by atoms with E-state index in [1.165, 1.54) is 11.3 Å². The van der Waals surface area contributed by atoms with Crippen LogP contribution in [-0.4, -0.2) is 23.9 Å². The van der Waals surface area contributed by atoms with Crippen molar-refractivity contribution in [1.29, 1.82) is 0 Å². The van der Waals surface area contributed by atoms with E-state index in [9.17, 15) is 4.79 Å². The molecule has 0 saturated heterocycles. The first kappa shape index (κ1) is 11.5. The van der Waals surface area contributed by atoms with Gasteiger partial charge in [-0.2, -0.15) is 0 Å². The number of carbonyl (C=O) groups excluding carboxylic acids is 1. The second kappa shape index (κ2) is 5.34. The van der Waals surface area contributed by atoms with Crippen LogP contribution in [-0.2, 0) is 11.3 Å². The molecule has 1 amide bonds. The van der Waals surface area contributed by atoms with Crippen molar-refractivity contribution < 1.29 is 4.79 Å². The molecule has 0 spiro atoms. The number of halogens is 1. The molecule has 0 aromatic carbocycles. The summed E-state index contributed by atoms with van der Waals surface area (Å²) >= 11 is 7.28. The van der Waals surface area contributed by atoms with E-state index < -0.39 is 0 Å². The lowest BCUT2D eigenvalue weighted by Crippen LogP contribution is -2.35. The normalized spacial score (nSPS) is 10.2. The van der Waals surface area contributed by atoms with E-state index in [0.717, 1.165) is 9.21 Å². The van der Waals surface area contributed by atoms with Crippen molar-refractivity contribution in [2.45, 2.75) is 13.5 Å². The molecule has 2 N–H and O–H groups in total. The van der Waals surface area contributed by atoms with E-state index in [-0.39, 0.29) is 12.5 Å². The van der Waals surface area contributed by atoms with E-state index in [0.29, 0.717) is 13.1 Å². The number of carbonyl (C=O) groups is 1. The lowest BCUT2D eigenvalue weighted by Gasteiger charge is -2.18. The van der Waals surface area contributed by atoms with Gasteiger partial charge in [0.05, 0.1) is 17.4 Å². The Morgan fingerprint density at radius 2 is 2.36 bits per heavy atom. The molecule has 0 radical (unpaired) electrons. The van der Waals surface area contributed by atoms with Crippen molar-refractivity contribution in [3.8, 4) is 0 Å². The number of likely N-dealkylation sites (N-methyl/N-ethyl adjacent to an activating group) is 1. The number of thiophene rings is 1. The third-order valence-corrected chi connectivity index (χ3v) is 3.10. The number of rotatable bonds is 4. The molecule has 0 aliphatic rings. The summed E-state index contributed by atoms with van der Waals surface area (Å²) in [6.07, 6.45) is 0. The summed E-state index contributed by atoms with van der Waals surface area (Å²) in [7, 11) is 0. The first-order chi connectivity index (χ1) is 6.67. The summed E-state index contributed by atoms with van der Waals surface area (Å²) in [4.78, 5) is 14.1. The molecule has 78 valence electrons. The van der Waals surface area contributed by atoms with Crippen molar-refractivity contribution in [3.05, 3.63) is 21.3 Å². The minimum Gasteiger partial charge on any atom is -0.337 e. The molecule has 1 aromatic rings. The standard InChI is InChI=1S/C9H13ClN2OS/c1-2-12(9(13)5-11)6-7-3-4-8(10)14-7/h3-4H,2,5-6,11H2,1H3. The summed E-state index contributed by atoms with van der Waals surface area (Å²) in [6.45, 7) is 3.27. The van der Waals surface area contributed by atoms with E-state index in [1.807, 2.05) is 19.1 Å². The Morgan fingerprint density at radius 3 is 2.79 bits per heavy atom. The van der Waals surface area contributed by atoms with E-state index >= 15 is 0 Å². The van der Waals surface area contributed by atoms with Crippen molar-refractivity contribution in [3.63, 3.8) is 0 Å². The third-order valence-electron chi connectivity index (χ3n) is 1.88. The Morgan fingerprint density at radius 1 is 1.64 bits per heavy atom. The fourth-order valence-corrected chi connectivity index (χ4v) is 2.23. The van der Waals surface area contributed by atoms with Crippen LogP contribution in [0.2, 0.25) is 4.34 Å². The van der Waals surface area contributed by atoms with E-state index in [2.05, 4.69) is 0 Å². The van der Waals surface area contributed by atoms with Crippen molar-refractivity contribution in [1.82, 2.24) is 4.90 Å². The molecule has 1 heterocycles. The van der Waals surface area contributed by atoms with Gasteiger partial charge in [-0.05, 0) is 19.1 Å². The van der Waals surface area contributed by atoms with Crippen molar-refractivity contribution in [2.75, 3.05) is 13.1 Å². The Labute approximate surface area is 92.5 Å². The largest absolute Gasteiger partial charge is 0.337 e. The average molecular weight is 233 g/mol. The van der Waals surface area contributed by atoms with Crippen LogP contribution in [0.1, 0.15) is 11.8 Å². The molecule has 1 rings (SSSR count). The molecular formula is C9H13ClN2OS. The number of nitrogens with zero attached hydrogens (tertiary/aromatic N) is 1. The van der Waals surface area contributed by atoms with Gasteiger partial charge in [0, 0.05) is 11.4 Å². The number of hydrogen-bond acceptors (Lipinski definition) is 3. The molecule has 0 atom stereocenters. The van der Waals surface area contributed by atoms with Crippen LogP contribution >= 0.6 is 22.9 Å². The van der Waals surface area contributed by atoms with E-state index in [1.54, 1.807) is 4.90 Å². The zero-order valence-electron chi connectivity index (χ0n) is 8.00. The molecule has 0 aliphatic carbocycles. The first-order valence-electron chi connectivity index (χ1n) is 4.39. The smallest absolute Gasteiger partial charge is 0.236 e. The quantitative estimate of drug-likeness (QED) is 0.859. The fourth-order valence-electron chi connectivity index (χ4n) is 1.13. The van der Waals surface area contributed by atoms with Gasteiger partial charge >= 0.3 is 0 Å². The fraction of sp³-hybridized carbons (Fsp3) is 0.444. The highest BCUT2D eigenvalue weighted by Gasteiger charge is 2.10. The van der Waals surface area contributed by atoms with Crippen molar-refractivity contribution >= 4 is 28.8 Å². The van der Waals surface area contributed by atoms with Crippen LogP contribution in [0, 0.1) is 0 Å². The van der Waals surface area contributed by atoms with Gasteiger partial charge in [-0.15, -0.1) is 11.3 Å². The molecule has 3 nitrogen and oxygen atoms in total. The SMILES string of the molecule is CCN(Cc1ccc(Cl)s1)C(=O)CN. The lowest BCUT2D eigenvalue weighted by atomic mass is 10.4. The predicted octanol–water partition coefficient (Wildman–Crippen LogP) is 1.71. The van der Waals surface area contributed by atoms with Crippen LogP contribution in [0.3, 0.4) is 0 Å². The van der Waals surface area contributed by atoms with Crippen LogP contribution in [0.25, 0.3) is 0 Å². The summed E-state index contributed by atoms with van der Waals surface area (Å²) < 4.78 is 0.747. The maximum atomic E-state index is 11.3. The highest BCUT2D eigenvalue weighted by Crippen LogP contribution is 2.22. The van der Waals surface area contributed by atoms with Gasteiger partial charge in [0.15, 0.2) is 0 Å². The van der Waals surface area contributed by atoms with Crippen molar-refractivity contribution in [2.24, 2.45) is 5.73 Å². The maximum absolute atomic E-state index is 11.3. The van der Waals surface area contributed by atoms with Gasteiger partial charge in [0.2, 0.25) is 5.91 Å². The summed E-state index contributed by atoms with van der Waals surface area (Å²) in [5, 5.41) is 0. The monoisotopic (exact) mass is 232 g/mol. The third kappa shape index (κ3) is 2.97. The highest BCUT2D eigenvalue weighted by atomic mass is 35.5. The zero-order valence-corrected chi connectivity index (χ0v) is 9.57. The first-order valence-corrected chi connectivity index (χ1v) is 5.59. The van der Waals surface area contributed by atoms with Crippen LogP contribution in [0.15, 0.2) is 12.1 Å². The second-order valence-electron chi connectivity index (χ2n) is 2.82. The number of amides is 1.